The first-order chi connectivity index (χ1) is 9.11. The summed E-state index contributed by atoms with van der Waals surface area (Å²) in [6.45, 7) is 5.98. The number of carboxylic acids is 1. The number of carbonyl (C=O) groups is 1. The van der Waals surface area contributed by atoms with Crippen LogP contribution >= 0.6 is 0 Å². The molecule has 0 saturated carbocycles. The number of rotatable bonds is 5. The molecule has 0 saturated heterocycles. The number of halogens is 3. The molecule has 1 N–H and O–H groups in total. The molecule has 1 rings (SSSR count). The molecule has 6 heteroatoms. The Morgan fingerprint density at radius 3 is 2.10 bits per heavy atom. The van der Waals surface area contributed by atoms with Crippen LogP contribution in [-0.4, -0.2) is 28.1 Å². The lowest BCUT2D eigenvalue weighted by atomic mass is 10.0. The number of carboxylic acid groups (broad SMARTS) is 1. The molecule has 0 radical (unpaired) electrons. The first-order valence-electron chi connectivity index (χ1n) is 6.21. The van der Waals surface area contributed by atoms with Gasteiger partial charge in [0.05, 0.1) is 6.42 Å². The van der Waals surface area contributed by atoms with Crippen LogP contribution in [0.25, 0.3) is 0 Å². The summed E-state index contributed by atoms with van der Waals surface area (Å²) in [6.07, 6.45) is -0.0799. The second-order valence-corrected chi connectivity index (χ2v) is 5.61. The quantitative estimate of drug-likeness (QED) is 0.846. The summed E-state index contributed by atoms with van der Waals surface area (Å²) in [4.78, 5) is 12.4. The third kappa shape index (κ3) is 4.52. The summed E-state index contributed by atoms with van der Waals surface area (Å²) in [7, 11) is 0. The summed E-state index contributed by atoms with van der Waals surface area (Å²) in [5, 5.41) is 8.72. The normalized spacial score (nSPS) is 11.9. The Labute approximate surface area is 116 Å². The van der Waals surface area contributed by atoms with E-state index < -0.39 is 23.4 Å². The zero-order valence-electron chi connectivity index (χ0n) is 11.7. The lowest BCUT2D eigenvalue weighted by Crippen LogP contribution is -2.42. The Morgan fingerprint density at radius 1 is 1.20 bits per heavy atom. The molecule has 0 aliphatic carbocycles. The molecule has 0 unspecified atom stereocenters. The first kappa shape index (κ1) is 16.5. The molecule has 0 heterocycles. The highest BCUT2D eigenvalue weighted by atomic mass is 19.2. The van der Waals surface area contributed by atoms with Crippen molar-refractivity contribution in [2.45, 2.75) is 39.3 Å². The van der Waals surface area contributed by atoms with Crippen LogP contribution < -0.4 is 0 Å². The van der Waals surface area contributed by atoms with Crippen LogP contribution in [0.3, 0.4) is 0 Å². The van der Waals surface area contributed by atoms with Crippen molar-refractivity contribution in [2.75, 3.05) is 6.54 Å². The summed E-state index contributed by atoms with van der Waals surface area (Å²) < 4.78 is 39.2. The highest BCUT2D eigenvalue weighted by Crippen LogP contribution is 2.20. The second kappa shape index (κ2) is 6.26. The van der Waals surface area contributed by atoms with E-state index in [-0.39, 0.29) is 30.6 Å². The highest BCUT2D eigenvalue weighted by molar-refractivity contribution is 5.66. The molecular formula is C14H18F3NO2. The smallest absolute Gasteiger partial charge is 0.304 e. The summed E-state index contributed by atoms with van der Waals surface area (Å²) in [5.41, 5.74) is -0.113. The van der Waals surface area contributed by atoms with E-state index in [0.29, 0.717) is 0 Å². The van der Waals surface area contributed by atoms with Crippen molar-refractivity contribution in [3.8, 4) is 0 Å². The molecule has 3 nitrogen and oxygen atoms in total. The van der Waals surface area contributed by atoms with Crippen molar-refractivity contribution < 1.29 is 23.1 Å². The summed E-state index contributed by atoms with van der Waals surface area (Å²) in [5.74, 6) is -4.93. The number of nitrogens with zero attached hydrogens (tertiary/aromatic N) is 1. The minimum atomic E-state index is -1.50. The van der Waals surface area contributed by atoms with Crippen LogP contribution in [0.5, 0.6) is 0 Å². The van der Waals surface area contributed by atoms with Crippen molar-refractivity contribution >= 4 is 5.97 Å². The molecule has 1 aromatic rings. The maximum Gasteiger partial charge on any atom is 0.304 e. The molecule has 0 amide bonds. The number of aliphatic carboxylic acids is 1. The second-order valence-electron chi connectivity index (χ2n) is 5.61. The average Bonchev–Trinajstić information content (AvgIpc) is 2.29. The minimum absolute atomic E-state index is 0.0799. The molecule has 0 atom stereocenters. The van der Waals surface area contributed by atoms with Gasteiger partial charge in [0.15, 0.2) is 17.5 Å². The monoisotopic (exact) mass is 289 g/mol. The van der Waals surface area contributed by atoms with Gasteiger partial charge in [0.1, 0.15) is 0 Å². The van der Waals surface area contributed by atoms with Crippen LogP contribution in [0.4, 0.5) is 13.2 Å². The standard InChI is InChI=1S/C14H18F3NO2/c1-14(2,3)18(5-4-12(19)20)8-9-6-10(15)13(17)11(16)7-9/h6-7H,4-5,8H2,1-3H3,(H,19,20). The Balaban J connectivity index is 2.92. The topological polar surface area (TPSA) is 40.5 Å². The van der Waals surface area contributed by atoms with E-state index >= 15 is 0 Å². The van der Waals surface area contributed by atoms with E-state index in [1.54, 1.807) is 4.90 Å². The Bertz CT molecular complexity index is 475. The van der Waals surface area contributed by atoms with Crippen LogP contribution in [0.15, 0.2) is 12.1 Å². The predicted octanol–water partition coefficient (Wildman–Crippen LogP) is 3.18. The summed E-state index contributed by atoms with van der Waals surface area (Å²) in [6, 6.07) is 1.86. The van der Waals surface area contributed by atoms with E-state index in [9.17, 15) is 18.0 Å². The van der Waals surface area contributed by atoms with Crippen molar-refractivity contribution in [3.63, 3.8) is 0 Å². The van der Waals surface area contributed by atoms with Gasteiger partial charge in [-0.3, -0.25) is 9.69 Å². The number of benzene rings is 1. The molecule has 0 aromatic heterocycles. The Kier molecular flexibility index (Phi) is 5.16. The average molecular weight is 289 g/mol. The maximum atomic E-state index is 13.2. The first-order valence-corrected chi connectivity index (χ1v) is 6.21. The van der Waals surface area contributed by atoms with Gasteiger partial charge in [-0.15, -0.1) is 0 Å². The molecule has 0 spiro atoms. The fourth-order valence-electron chi connectivity index (χ4n) is 1.80. The fraction of sp³-hybridized carbons (Fsp3) is 0.500. The van der Waals surface area contributed by atoms with Crippen molar-refractivity contribution in [1.29, 1.82) is 0 Å². The maximum absolute atomic E-state index is 13.2. The zero-order chi connectivity index (χ0) is 15.5. The molecule has 0 aliphatic rings. The van der Waals surface area contributed by atoms with Gasteiger partial charge < -0.3 is 5.11 Å². The van der Waals surface area contributed by atoms with Gasteiger partial charge in [0.25, 0.3) is 0 Å². The van der Waals surface area contributed by atoms with Crippen LogP contribution in [0, 0.1) is 17.5 Å². The van der Waals surface area contributed by atoms with Crippen molar-refractivity contribution in [3.05, 3.63) is 35.1 Å². The molecule has 112 valence electrons. The van der Waals surface area contributed by atoms with Crippen LogP contribution in [0.2, 0.25) is 0 Å². The zero-order valence-corrected chi connectivity index (χ0v) is 11.7. The van der Waals surface area contributed by atoms with Gasteiger partial charge in [0, 0.05) is 18.6 Å². The van der Waals surface area contributed by atoms with Gasteiger partial charge in [-0.05, 0) is 38.5 Å². The van der Waals surface area contributed by atoms with Gasteiger partial charge in [-0.1, -0.05) is 0 Å². The van der Waals surface area contributed by atoms with Crippen molar-refractivity contribution in [1.82, 2.24) is 4.90 Å². The van der Waals surface area contributed by atoms with Gasteiger partial charge >= 0.3 is 5.97 Å². The third-order valence-electron chi connectivity index (χ3n) is 2.96. The minimum Gasteiger partial charge on any atom is -0.481 e. The van der Waals surface area contributed by atoms with Crippen molar-refractivity contribution in [2.24, 2.45) is 0 Å². The van der Waals surface area contributed by atoms with Crippen LogP contribution in [0.1, 0.15) is 32.8 Å². The fourth-order valence-corrected chi connectivity index (χ4v) is 1.80. The molecule has 1 aromatic carbocycles. The van der Waals surface area contributed by atoms with Gasteiger partial charge in [0.2, 0.25) is 0 Å². The number of hydrogen-bond donors (Lipinski definition) is 1. The third-order valence-corrected chi connectivity index (χ3v) is 2.96. The predicted molar refractivity (Wildman–Crippen MR) is 68.7 cm³/mol. The Hall–Kier alpha value is -1.56. The highest BCUT2D eigenvalue weighted by Gasteiger charge is 2.23. The molecule has 0 fully saturated rings. The Morgan fingerprint density at radius 2 is 1.70 bits per heavy atom. The van der Waals surface area contributed by atoms with E-state index in [2.05, 4.69) is 0 Å². The van der Waals surface area contributed by atoms with E-state index in [1.807, 2.05) is 20.8 Å². The SMILES string of the molecule is CC(C)(C)N(CCC(=O)O)Cc1cc(F)c(F)c(F)c1. The van der Waals surface area contributed by atoms with E-state index in [4.69, 9.17) is 5.11 Å². The lowest BCUT2D eigenvalue weighted by Gasteiger charge is -2.35. The molecular weight excluding hydrogens is 271 g/mol. The molecule has 0 bridgehead atoms. The van der Waals surface area contributed by atoms with Crippen LogP contribution in [-0.2, 0) is 11.3 Å². The molecule has 0 aliphatic heterocycles. The number of hydrogen-bond acceptors (Lipinski definition) is 2. The largest absolute Gasteiger partial charge is 0.481 e. The summed E-state index contributed by atoms with van der Waals surface area (Å²) >= 11 is 0. The van der Waals surface area contributed by atoms with E-state index in [1.165, 1.54) is 0 Å². The lowest BCUT2D eigenvalue weighted by molar-refractivity contribution is -0.137. The van der Waals surface area contributed by atoms with E-state index in [0.717, 1.165) is 12.1 Å². The van der Waals surface area contributed by atoms with Gasteiger partial charge in [-0.2, -0.15) is 0 Å². The van der Waals surface area contributed by atoms with Gasteiger partial charge in [-0.25, -0.2) is 13.2 Å². The molecule has 20 heavy (non-hydrogen) atoms.